The Labute approximate surface area is 168 Å². The molecule has 0 radical (unpaired) electrons. The SMILES string of the molecule is CCOC(=O)c1ccc(C(=O)c2cc3c(cc2C)C(C)(C)CCC3(C)C)cc1. The zero-order valence-electron chi connectivity index (χ0n) is 17.8. The third-order valence-corrected chi connectivity index (χ3v) is 6.10. The molecule has 2 aromatic rings. The Hall–Kier alpha value is -2.42. The predicted octanol–water partition coefficient (Wildman–Crippen LogP) is 5.75. The number of esters is 1. The normalized spacial score (nSPS) is 16.9. The summed E-state index contributed by atoms with van der Waals surface area (Å²) in [5.74, 6) is -0.370. The van der Waals surface area contributed by atoms with Crippen LogP contribution in [0.25, 0.3) is 0 Å². The number of ketones is 1. The molecule has 2 aromatic carbocycles. The summed E-state index contributed by atoms with van der Waals surface area (Å²) in [6, 6.07) is 11.0. The van der Waals surface area contributed by atoms with E-state index in [0.29, 0.717) is 17.7 Å². The quantitative estimate of drug-likeness (QED) is 0.502. The van der Waals surface area contributed by atoms with Crippen LogP contribution in [0.3, 0.4) is 0 Å². The number of ether oxygens (including phenoxy) is 1. The van der Waals surface area contributed by atoms with Gasteiger partial charge in [-0.15, -0.1) is 0 Å². The molecule has 148 valence electrons. The Balaban J connectivity index is 2.00. The van der Waals surface area contributed by atoms with E-state index in [1.807, 2.05) is 6.92 Å². The molecule has 1 aliphatic rings. The van der Waals surface area contributed by atoms with Crippen LogP contribution in [0, 0.1) is 6.92 Å². The molecule has 3 rings (SSSR count). The number of carbonyl (C=O) groups excluding carboxylic acids is 2. The van der Waals surface area contributed by atoms with Gasteiger partial charge in [0.1, 0.15) is 0 Å². The Morgan fingerprint density at radius 1 is 0.893 bits per heavy atom. The van der Waals surface area contributed by atoms with Crippen LogP contribution in [0.15, 0.2) is 36.4 Å². The number of fused-ring (bicyclic) bond motifs is 1. The molecule has 0 atom stereocenters. The van der Waals surface area contributed by atoms with Crippen molar-refractivity contribution in [3.8, 4) is 0 Å². The molecule has 0 spiro atoms. The Bertz CT molecular complexity index is 918. The molecule has 0 bridgehead atoms. The van der Waals surface area contributed by atoms with E-state index in [1.165, 1.54) is 11.1 Å². The lowest BCUT2D eigenvalue weighted by Crippen LogP contribution is -2.34. The summed E-state index contributed by atoms with van der Waals surface area (Å²) in [5.41, 5.74) is 5.61. The van der Waals surface area contributed by atoms with Crippen molar-refractivity contribution in [2.75, 3.05) is 6.61 Å². The van der Waals surface area contributed by atoms with Crippen LogP contribution < -0.4 is 0 Å². The molecule has 0 heterocycles. The summed E-state index contributed by atoms with van der Waals surface area (Å²) < 4.78 is 5.01. The first-order valence-electron chi connectivity index (χ1n) is 10.0. The minimum absolute atomic E-state index is 0.00473. The fourth-order valence-electron chi connectivity index (χ4n) is 4.09. The van der Waals surface area contributed by atoms with E-state index in [4.69, 9.17) is 4.74 Å². The van der Waals surface area contributed by atoms with Gasteiger partial charge in [0.2, 0.25) is 0 Å². The number of benzene rings is 2. The molecule has 3 heteroatoms. The molecule has 0 saturated heterocycles. The maximum absolute atomic E-state index is 13.2. The fraction of sp³-hybridized carbons (Fsp3) is 0.440. The summed E-state index contributed by atoms with van der Waals surface area (Å²) in [7, 11) is 0. The highest BCUT2D eigenvalue weighted by molar-refractivity contribution is 6.10. The average molecular weight is 379 g/mol. The third kappa shape index (κ3) is 3.63. The topological polar surface area (TPSA) is 43.4 Å². The standard InChI is InChI=1S/C25H30O3/c1-7-28-23(27)18-10-8-17(9-11-18)22(26)19-15-21-20(14-16(19)2)24(3,4)12-13-25(21,5)6/h8-11,14-15H,7,12-13H2,1-6H3. The van der Waals surface area contributed by atoms with Gasteiger partial charge in [0.15, 0.2) is 5.78 Å². The van der Waals surface area contributed by atoms with Crippen molar-refractivity contribution < 1.29 is 14.3 Å². The number of carbonyl (C=O) groups is 2. The first kappa shape index (κ1) is 20.3. The minimum Gasteiger partial charge on any atom is -0.462 e. The Kier molecular flexibility index (Phi) is 5.22. The number of rotatable bonds is 4. The Morgan fingerprint density at radius 3 is 1.93 bits per heavy atom. The van der Waals surface area contributed by atoms with Gasteiger partial charge in [-0.05, 0) is 72.4 Å². The number of hydrogen-bond donors (Lipinski definition) is 0. The van der Waals surface area contributed by atoms with Crippen LogP contribution >= 0.6 is 0 Å². The van der Waals surface area contributed by atoms with Crippen LogP contribution in [0.5, 0.6) is 0 Å². The van der Waals surface area contributed by atoms with E-state index in [0.717, 1.165) is 24.0 Å². The second kappa shape index (κ2) is 7.20. The van der Waals surface area contributed by atoms with Crippen molar-refractivity contribution in [2.45, 2.75) is 65.2 Å². The molecule has 0 aliphatic heterocycles. The molecule has 0 saturated carbocycles. The zero-order valence-corrected chi connectivity index (χ0v) is 17.8. The molecule has 0 aromatic heterocycles. The highest BCUT2D eigenvalue weighted by atomic mass is 16.5. The maximum atomic E-state index is 13.2. The minimum atomic E-state index is -0.365. The second-order valence-electron chi connectivity index (χ2n) is 9.11. The van der Waals surface area contributed by atoms with Gasteiger partial charge in [-0.1, -0.05) is 45.9 Å². The largest absolute Gasteiger partial charge is 0.462 e. The smallest absolute Gasteiger partial charge is 0.338 e. The summed E-state index contributed by atoms with van der Waals surface area (Å²) in [6.45, 7) is 13.2. The van der Waals surface area contributed by atoms with Crippen LogP contribution in [0.2, 0.25) is 0 Å². The van der Waals surface area contributed by atoms with E-state index in [9.17, 15) is 9.59 Å². The lowest BCUT2D eigenvalue weighted by atomic mass is 9.62. The van der Waals surface area contributed by atoms with Gasteiger partial charge in [0.25, 0.3) is 0 Å². The molecule has 0 fully saturated rings. The highest BCUT2D eigenvalue weighted by Crippen LogP contribution is 2.46. The summed E-state index contributed by atoms with van der Waals surface area (Å²) >= 11 is 0. The van der Waals surface area contributed by atoms with Gasteiger partial charge < -0.3 is 4.74 Å². The monoisotopic (exact) mass is 378 g/mol. The van der Waals surface area contributed by atoms with Crippen molar-refractivity contribution in [3.63, 3.8) is 0 Å². The van der Waals surface area contributed by atoms with Gasteiger partial charge in [0, 0.05) is 11.1 Å². The van der Waals surface area contributed by atoms with Crippen molar-refractivity contribution >= 4 is 11.8 Å². The summed E-state index contributed by atoms with van der Waals surface area (Å²) in [6.07, 6.45) is 2.26. The van der Waals surface area contributed by atoms with Gasteiger partial charge >= 0.3 is 5.97 Å². The van der Waals surface area contributed by atoms with Gasteiger partial charge in [-0.3, -0.25) is 4.79 Å². The van der Waals surface area contributed by atoms with E-state index >= 15 is 0 Å². The molecule has 0 unspecified atom stereocenters. The molecule has 28 heavy (non-hydrogen) atoms. The van der Waals surface area contributed by atoms with Gasteiger partial charge in [-0.2, -0.15) is 0 Å². The van der Waals surface area contributed by atoms with Gasteiger partial charge in [-0.25, -0.2) is 4.79 Å². The molecule has 0 N–H and O–H groups in total. The number of hydrogen-bond acceptors (Lipinski definition) is 3. The lowest BCUT2D eigenvalue weighted by Gasteiger charge is -2.42. The third-order valence-electron chi connectivity index (χ3n) is 6.10. The Morgan fingerprint density at radius 2 is 1.39 bits per heavy atom. The second-order valence-corrected chi connectivity index (χ2v) is 9.11. The van der Waals surface area contributed by atoms with E-state index in [2.05, 4.69) is 39.8 Å². The number of aryl methyl sites for hydroxylation is 1. The summed E-state index contributed by atoms with van der Waals surface area (Å²) in [5, 5.41) is 0. The summed E-state index contributed by atoms with van der Waals surface area (Å²) in [4.78, 5) is 25.1. The van der Waals surface area contributed by atoms with E-state index in [-0.39, 0.29) is 22.6 Å². The van der Waals surface area contributed by atoms with Crippen molar-refractivity contribution in [2.24, 2.45) is 0 Å². The van der Waals surface area contributed by atoms with Crippen LogP contribution in [0.1, 0.15) is 90.4 Å². The molecular weight excluding hydrogens is 348 g/mol. The van der Waals surface area contributed by atoms with Crippen LogP contribution in [-0.4, -0.2) is 18.4 Å². The molecular formula is C25H30O3. The fourth-order valence-corrected chi connectivity index (χ4v) is 4.09. The predicted molar refractivity (Wildman–Crippen MR) is 112 cm³/mol. The highest BCUT2D eigenvalue weighted by Gasteiger charge is 2.37. The first-order valence-corrected chi connectivity index (χ1v) is 10.0. The van der Waals surface area contributed by atoms with Gasteiger partial charge in [0.05, 0.1) is 12.2 Å². The maximum Gasteiger partial charge on any atom is 0.338 e. The van der Waals surface area contributed by atoms with Crippen LogP contribution in [0.4, 0.5) is 0 Å². The lowest BCUT2D eigenvalue weighted by molar-refractivity contribution is 0.0526. The molecule has 1 aliphatic carbocycles. The van der Waals surface area contributed by atoms with E-state index in [1.54, 1.807) is 31.2 Å². The van der Waals surface area contributed by atoms with Crippen LogP contribution in [-0.2, 0) is 15.6 Å². The van der Waals surface area contributed by atoms with Crippen molar-refractivity contribution in [3.05, 3.63) is 69.8 Å². The van der Waals surface area contributed by atoms with Crippen molar-refractivity contribution in [1.29, 1.82) is 0 Å². The first-order chi connectivity index (χ1) is 13.1. The zero-order chi connectivity index (χ0) is 20.7. The molecule has 0 amide bonds. The van der Waals surface area contributed by atoms with Crippen molar-refractivity contribution in [1.82, 2.24) is 0 Å². The molecule has 3 nitrogen and oxygen atoms in total. The van der Waals surface area contributed by atoms with E-state index < -0.39 is 0 Å². The average Bonchev–Trinajstić information content (AvgIpc) is 2.65.